The van der Waals surface area contributed by atoms with Gasteiger partial charge in [-0.25, -0.2) is 0 Å². The van der Waals surface area contributed by atoms with Crippen molar-refractivity contribution in [2.75, 3.05) is 13.7 Å². The van der Waals surface area contributed by atoms with Crippen LogP contribution in [0.5, 0.6) is 11.5 Å². The van der Waals surface area contributed by atoms with E-state index >= 15 is 0 Å². The summed E-state index contributed by atoms with van der Waals surface area (Å²) in [5.41, 5.74) is -2.65. The summed E-state index contributed by atoms with van der Waals surface area (Å²) in [5.74, 6) is 0.753. The van der Waals surface area contributed by atoms with Gasteiger partial charge in [-0.1, -0.05) is 19.1 Å². The number of nitrogens with zero attached hydrogens (tertiary/aromatic N) is 1. The van der Waals surface area contributed by atoms with Crippen molar-refractivity contribution in [2.24, 2.45) is 4.99 Å². The molecule has 35 heavy (non-hydrogen) atoms. The number of carbonyl (C=O) groups is 1. The van der Waals surface area contributed by atoms with Crippen LogP contribution in [0.15, 0.2) is 46.3 Å². The molecule has 2 aromatic carbocycles. The minimum Gasteiger partial charge on any atom is -0.490 e. The summed E-state index contributed by atoms with van der Waals surface area (Å²) in [5, 5.41) is 2.31. The Labute approximate surface area is 201 Å². The second kappa shape index (κ2) is 10.6. The van der Waals surface area contributed by atoms with Crippen LogP contribution in [0.2, 0.25) is 0 Å². The third-order valence-electron chi connectivity index (χ3n) is 4.73. The molecule has 12 heteroatoms. The highest BCUT2D eigenvalue weighted by molar-refractivity contribution is 8.18. The van der Waals surface area contributed by atoms with Crippen LogP contribution in [0, 0.1) is 0 Å². The maximum absolute atomic E-state index is 13.4. The van der Waals surface area contributed by atoms with Gasteiger partial charge in [0.25, 0.3) is 5.24 Å². The average Bonchev–Trinajstić information content (AvgIpc) is 3.14. The molecule has 188 valence electrons. The number of halogens is 6. The average molecular weight is 518 g/mol. The number of hydrogen-bond acceptors (Lipinski definition) is 5. The van der Waals surface area contributed by atoms with E-state index in [1.165, 1.54) is 13.1 Å². The number of aliphatic imine (C=N–C) groups is 1. The zero-order chi connectivity index (χ0) is 25.8. The van der Waals surface area contributed by atoms with Gasteiger partial charge in [-0.05, 0) is 54.1 Å². The number of amidine groups is 1. The van der Waals surface area contributed by atoms with Crippen molar-refractivity contribution < 1.29 is 40.6 Å². The number of nitrogens with one attached hydrogen (secondary N) is 1. The first-order valence-electron chi connectivity index (χ1n) is 10.3. The fourth-order valence-corrected chi connectivity index (χ4v) is 3.89. The molecule has 0 unspecified atom stereocenters. The maximum atomic E-state index is 13.4. The van der Waals surface area contributed by atoms with Crippen molar-refractivity contribution in [1.29, 1.82) is 0 Å². The third kappa shape index (κ3) is 6.71. The predicted octanol–water partition coefficient (Wildman–Crippen LogP) is 6.92. The smallest absolute Gasteiger partial charge is 0.416 e. The minimum atomic E-state index is -5.00. The molecule has 3 rings (SSSR count). The van der Waals surface area contributed by atoms with Crippen molar-refractivity contribution in [3.05, 3.63) is 63.6 Å². The molecule has 0 aromatic heterocycles. The summed E-state index contributed by atoms with van der Waals surface area (Å²) in [6, 6.07) is 6.08. The Morgan fingerprint density at radius 1 is 1.00 bits per heavy atom. The van der Waals surface area contributed by atoms with E-state index in [-0.39, 0.29) is 22.8 Å². The number of hydrogen-bond donors (Lipinski definition) is 1. The topological polar surface area (TPSA) is 59.9 Å². The van der Waals surface area contributed by atoms with Crippen molar-refractivity contribution in [3.63, 3.8) is 0 Å². The van der Waals surface area contributed by atoms with Crippen LogP contribution < -0.4 is 14.8 Å². The number of rotatable bonds is 7. The SMILES string of the molecule is CCCOc1cc(C=C2SC(=O)NC2=NC)ccc1OCc1ccc(C(F)(F)F)cc1C(F)(F)F. The Morgan fingerprint density at radius 2 is 1.74 bits per heavy atom. The van der Waals surface area contributed by atoms with E-state index in [0.717, 1.165) is 17.8 Å². The Hall–Kier alpha value is -3.15. The zero-order valence-corrected chi connectivity index (χ0v) is 19.3. The van der Waals surface area contributed by atoms with Crippen LogP contribution in [-0.4, -0.2) is 24.7 Å². The summed E-state index contributed by atoms with van der Waals surface area (Å²) < 4.78 is 90.2. The molecule has 0 bridgehead atoms. The van der Waals surface area contributed by atoms with E-state index < -0.39 is 35.6 Å². The zero-order valence-electron chi connectivity index (χ0n) is 18.5. The molecular weight excluding hydrogens is 498 g/mol. The number of thioether (sulfide) groups is 1. The molecule has 1 aliphatic rings. The van der Waals surface area contributed by atoms with Crippen LogP contribution in [-0.2, 0) is 19.0 Å². The van der Waals surface area contributed by atoms with E-state index in [2.05, 4.69) is 10.3 Å². The van der Waals surface area contributed by atoms with Crippen LogP contribution in [0.1, 0.15) is 35.6 Å². The summed E-state index contributed by atoms with van der Waals surface area (Å²) in [4.78, 5) is 16.2. The van der Waals surface area contributed by atoms with Crippen molar-refractivity contribution in [1.82, 2.24) is 5.32 Å². The Balaban J connectivity index is 1.89. The van der Waals surface area contributed by atoms with Crippen molar-refractivity contribution >= 4 is 28.9 Å². The van der Waals surface area contributed by atoms with E-state index in [1.54, 1.807) is 18.2 Å². The van der Waals surface area contributed by atoms with E-state index in [1.807, 2.05) is 6.92 Å². The molecule has 0 saturated carbocycles. The number of carbonyl (C=O) groups excluding carboxylic acids is 1. The Morgan fingerprint density at radius 3 is 2.37 bits per heavy atom. The summed E-state index contributed by atoms with van der Waals surface area (Å²) >= 11 is 0.957. The molecule has 1 aliphatic heterocycles. The minimum absolute atomic E-state index is 0.0733. The van der Waals surface area contributed by atoms with Crippen LogP contribution >= 0.6 is 11.8 Å². The van der Waals surface area contributed by atoms with Gasteiger partial charge < -0.3 is 14.8 Å². The van der Waals surface area contributed by atoms with E-state index in [9.17, 15) is 31.1 Å². The molecule has 0 spiro atoms. The predicted molar refractivity (Wildman–Crippen MR) is 120 cm³/mol. The van der Waals surface area contributed by atoms with E-state index in [4.69, 9.17) is 9.47 Å². The summed E-state index contributed by atoms with van der Waals surface area (Å²) in [6.07, 6.45) is -7.58. The van der Waals surface area contributed by atoms with Gasteiger partial charge >= 0.3 is 12.4 Å². The lowest BCUT2D eigenvalue weighted by atomic mass is 10.0. The summed E-state index contributed by atoms with van der Waals surface area (Å²) in [6.45, 7) is 1.53. The normalized spacial score (nSPS) is 16.6. The Bertz CT molecular complexity index is 1160. The van der Waals surface area contributed by atoms with Gasteiger partial charge in [0.15, 0.2) is 11.5 Å². The number of amides is 1. The highest BCUT2D eigenvalue weighted by Gasteiger charge is 2.38. The van der Waals surface area contributed by atoms with Crippen molar-refractivity contribution in [2.45, 2.75) is 32.3 Å². The number of ether oxygens (including phenoxy) is 2. The first-order chi connectivity index (χ1) is 16.4. The van der Waals surface area contributed by atoms with Gasteiger partial charge in [0, 0.05) is 12.6 Å². The largest absolute Gasteiger partial charge is 0.490 e. The first-order valence-corrected chi connectivity index (χ1v) is 11.1. The molecule has 0 radical (unpaired) electrons. The molecule has 1 heterocycles. The molecule has 0 aliphatic carbocycles. The molecule has 1 saturated heterocycles. The lowest BCUT2D eigenvalue weighted by Crippen LogP contribution is -2.18. The molecular formula is C23H20F6N2O3S. The molecule has 2 aromatic rings. The molecule has 1 N–H and O–H groups in total. The van der Waals surface area contributed by atoms with Gasteiger partial charge in [-0.15, -0.1) is 0 Å². The molecule has 1 fully saturated rings. The first kappa shape index (κ1) is 26.5. The van der Waals surface area contributed by atoms with Crippen LogP contribution in [0.4, 0.5) is 31.1 Å². The fourth-order valence-electron chi connectivity index (χ4n) is 3.10. The van der Waals surface area contributed by atoms with Crippen LogP contribution in [0.25, 0.3) is 6.08 Å². The highest BCUT2D eigenvalue weighted by Crippen LogP contribution is 2.38. The second-order valence-corrected chi connectivity index (χ2v) is 8.32. The number of benzene rings is 2. The number of alkyl halides is 6. The van der Waals surface area contributed by atoms with Gasteiger partial charge in [0.2, 0.25) is 0 Å². The highest BCUT2D eigenvalue weighted by atomic mass is 32.2. The van der Waals surface area contributed by atoms with Gasteiger partial charge in [0.05, 0.1) is 22.6 Å². The van der Waals surface area contributed by atoms with E-state index in [0.29, 0.717) is 35.4 Å². The van der Waals surface area contributed by atoms with Crippen molar-refractivity contribution in [3.8, 4) is 11.5 Å². The molecule has 1 amide bonds. The van der Waals surface area contributed by atoms with Crippen LogP contribution in [0.3, 0.4) is 0 Å². The lowest BCUT2D eigenvalue weighted by molar-refractivity contribution is -0.143. The van der Waals surface area contributed by atoms with Gasteiger partial charge in [0.1, 0.15) is 12.4 Å². The lowest BCUT2D eigenvalue weighted by Gasteiger charge is -2.18. The second-order valence-electron chi connectivity index (χ2n) is 7.31. The fraction of sp³-hybridized carbons (Fsp3) is 0.304. The standard InChI is InChI=1S/C23H20F6N2O3S/c1-3-8-33-18-9-13(10-19-20(30-2)31-21(32)35-19)4-7-17(18)34-12-14-5-6-15(22(24,25)26)11-16(14)23(27,28)29/h4-7,9-11H,3,8,12H2,1-2H3,(H,30,31,32). The molecule has 0 atom stereocenters. The monoisotopic (exact) mass is 518 g/mol. The van der Waals surface area contributed by atoms with Gasteiger partial charge in [-0.3, -0.25) is 9.79 Å². The quantitative estimate of drug-likeness (QED) is 0.405. The maximum Gasteiger partial charge on any atom is 0.416 e. The van der Waals surface area contributed by atoms with Gasteiger partial charge in [-0.2, -0.15) is 26.3 Å². The third-order valence-corrected chi connectivity index (χ3v) is 5.55. The summed E-state index contributed by atoms with van der Waals surface area (Å²) in [7, 11) is 1.53. The molecule has 5 nitrogen and oxygen atoms in total. The Kier molecular flexibility index (Phi) is 8.04.